The molecule has 1 amide bonds. The maximum Gasteiger partial charge on any atom is 0.257 e. The number of aromatic nitrogens is 2. The molecule has 3 aromatic rings. The third-order valence-corrected chi connectivity index (χ3v) is 3.43. The Labute approximate surface area is 121 Å². The van der Waals surface area contributed by atoms with Crippen molar-refractivity contribution >= 4 is 34.5 Å². The summed E-state index contributed by atoms with van der Waals surface area (Å²) < 4.78 is 1.81. The minimum absolute atomic E-state index is 0.194. The molecule has 3 rings (SSSR count). The number of amides is 1. The lowest BCUT2D eigenvalue weighted by Crippen LogP contribution is -2.14. The van der Waals surface area contributed by atoms with E-state index in [-0.39, 0.29) is 5.91 Å². The molecule has 20 heavy (non-hydrogen) atoms. The molecule has 1 heterocycles. The zero-order valence-corrected chi connectivity index (χ0v) is 11.6. The smallest absolute Gasteiger partial charge is 0.257 e. The lowest BCUT2D eigenvalue weighted by Gasteiger charge is -2.04. The number of carbonyl (C=O) groups is 1. The van der Waals surface area contributed by atoms with Crippen LogP contribution in [-0.4, -0.2) is 15.5 Å². The van der Waals surface area contributed by atoms with Gasteiger partial charge in [0.1, 0.15) is 5.52 Å². The van der Waals surface area contributed by atoms with E-state index in [1.807, 2.05) is 41.9 Å². The molecule has 0 spiro atoms. The maximum atomic E-state index is 12.1. The molecule has 0 aliphatic heterocycles. The number of para-hydroxylation sites is 1. The first-order valence-electron chi connectivity index (χ1n) is 6.14. The number of halogens is 1. The predicted octanol–water partition coefficient (Wildman–Crippen LogP) is 3.48. The van der Waals surface area contributed by atoms with Gasteiger partial charge in [-0.15, -0.1) is 0 Å². The number of aryl methyl sites for hydroxylation is 1. The average Bonchev–Trinajstić information content (AvgIpc) is 2.79. The van der Waals surface area contributed by atoms with E-state index in [0.29, 0.717) is 22.1 Å². The van der Waals surface area contributed by atoms with Crippen molar-refractivity contribution in [1.29, 1.82) is 0 Å². The van der Waals surface area contributed by atoms with Crippen LogP contribution in [0.4, 0.5) is 5.95 Å². The van der Waals surface area contributed by atoms with Crippen molar-refractivity contribution in [1.82, 2.24) is 9.55 Å². The largest absolute Gasteiger partial charge is 0.313 e. The van der Waals surface area contributed by atoms with Crippen LogP contribution in [-0.2, 0) is 7.05 Å². The molecule has 0 unspecified atom stereocenters. The molecule has 0 saturated heterocycles. The summed E-state index contributed by atoms with van der Waals surface area (Å²) in [5.41, 5.74) is 2.14. The first kappa shape index (κ1) is 12.7. The lowest BCUT2D eigenvalue weighted by atomic mass is 10.2. The standard InChI is InChI=1S/C15H12ClN3O/c1-19-12-9-5-8-11(16)13(12)17-15(19)18-14(20)10-6-3-2-4-7-10/h2-9H,1H3,(H,17,18,20). The van der Waals surface area contributed by atoms with E-state index in [4.69, 9.17) is 11.6 Å². The molecule has 5 heteroatoms. The summed E-state index contributed by atoms with van der Waals surface area (Å²) in [6.07, 6.45) is 0. The van der Waals surface area contributed by atoms with Crippen LogP contribution in [0.1, 0.15) is 10.4 Å². The van der Waals surface area contributed by atoms with Gasteiger partial charge in [0.2, 0.25) is 5.95 Å². The minimum Gasteiger partial charge on any atom is -0.313 e. The van der Waals surface area contributed by atoms with Crippen molar-refractivity contribution in [2.75, 3.05) is 5.32 Å². The number of rotatable bonds is 2. The topological polar surface area (TPSA) is 46.9 Å². The number of nitrogens with one attached hydrogen (secondary N) is 1. The van der Waals surface area contributed by atoms with E-state index in [1.165, 1.54) is 0 Å². The second-order valence-electron chi connectivity index (χ2n) is 4.42. The van der Waals surface area contributed by atoms with Crippen molar-refractivity contribution in [2.24, 2.45) is 7.05 Å². The molecule has 1 N–H and O–H groups in total. The van der Waals surface area contributed by atoms with Crippen molar-refractivity contribution in [3.63, 3.8) is 0 Å². The quantitative estimate of drug-likeness (QED) is 0.783. The van der Waals surface area contributed by atoms with Crippen molar-refractivity contribution in [2.45, 2.75) is 0 Å². The van der Waals surface area contributed by atoms with Gasteiger partial charge in [0, 0.05) is 12.6 Å². The number of carbonyl (C=O) groups excluding carboxylic acids is 1. The molecule has 0 bridgehead atoms. The van der Waals surface area contributed by atoms with E-state index in [0.717, 1.165) is 5.52 Å². The number of imidazole rings is 1. The summed E-state index contributed by atoms with van der Waals surface area (Å²) in [5, 5.41) is 3.37. The monoisotopic (exact) mass is 285 g/mol. The number of hydrogen-bond donors (Lipinski definition) is 1. The van der Waals surface area contributed by atoms with Crippen LogP contribution in [0.25, 0.3) is 11.0 Å². The Morgan fingerprint density at radius 2 is 1.90 bits per heavy atom. The van der Waals surface area contributed by atoms with Gasteiger partial charge in [-0.05, 0) is 24.3 Å². The highest BCUT2D eigenvalue weighted by atomic mass is 35.5. The summed E-state index contributed by atoms with van der Waals surface area (Å²) in [6.45, 7) is 0. The summed E-state index contributed by atoms with van der Waals surface area (Å²) in [7, 11) is 1.84. The molecule has 100 valence electrons. The van der Waals surface area contributed by atoms with E-state index < -0.39 is 0 Å². The van der Waals surface area contributed by atoms with Gasteiger partial charge in [-0.3, -0.25) is 10.1 Å². The summed E-state index contributed by atoms with van der Waals surface area (Å²) >= 11 is 6.11. The summed E-state index contributed by atoms with van der Waals surface area (Å²) in [4.78, 5) is 16.5. The van der Waals surface area contributed by atoms with E-state index in [9.17, 15) is 4.79 Å². The Balaban J connectivity index is 1.98. The van der Waals surface area contributed by atoms with Gasteiger partial charge < -0.3 is 4.57 Å². The first-order valence-corrected chi connectivity index (χ1v) is 6.52. The zero-order valence-electron chi connectivity index (χ0n) is 10.8. The Morgan fingerprint density at radius 3 is 2.60 bits per heavy atom. The van der Waals surface area contributed by atoms with Gasteiger partial charge >= 0.3 is 0 Å². The highest BCUT2D eigenvalue weighted by Crippen LogP contribution is 2.25. The second-order valence-corrected chi connectivity index (χ2v) is 4.83. The zero-order chi connectivity index (χ0) is 14.1. The van der Waals surface area contributed by atoms with Gasteiger partial charge in [0.05, 0.1) is 10.5 Å². The fourth-order valence-electron chi connectivity index (χ4n) is 2.06. The summed E-state index contributed by atoms with van der Waals surface area (Å²) in [6, 6.07) is 14.6. The van der Waals surface area contributed by atoms with Crippen LogP contribution in [0.5, 0.6) is 0 Å². The third-order valence-electron chi connectivity index (χ3n) is 3.12. The highest BCUT2D eigenvalue weighted by Gasteiger charge is 2.13. The molecule has 0 radical (unpaired) electrons. The molecule has 0 fully saturated rings. The molecule has 0 aliphatic carbocycles. The average molecular weight is 286 g/mol. The van der Waals surface area contributed by atoms with Gasteiger partial charge in [-0.25, -0.2) is 4.98 Å². The summed E-state index contributed by atoms with van der Waals surface area (Å²) in [5.74, 6) is 0.280. The van der Waals surface area contributed by atoms with Crippen molar-refractivity contribution in [3.05, 3.63) is 59.1 Å². The second kappa shape index (κ2) is 4.98. The van der Waals surface area contributed by atoms with Gasteiger partial charge in [-0.1, -0.05) is 35.9 Å². The van der Waals surface area contributed by atoms with Crippen LogP contribution in [0, 0.1) is 0 Å². The molecule has 2 aromatic carbocycles. The molecule has 0 atom stereocenters. The molecular weight excluding hydrogens is 274 g/mol. The van der Waals surface area contributed by atoms with Crippen LogP contribution >= 0.6 is 11.6 Å². The number of nitrogens with zero attached hydrogens (tertiary/aromatic N) is 2. The highest BCUT2D eigenvalue weighted by molar-refractivity contribution is 6.35. The SMILES string of the molecule is Cn1c(NC(=O)c2ccccc2)nc2c(Cl)cccc21. The molecular formula is C15H12ClN3O. The third kappa shape index (κ3) is 2.14. The number of hydrogen-bond acceptors (Lipinski definition) is 2. The molecule has 0 aliphatic rings. The first-order chi connectivity index (χ1) is 9.66. The Hall–Kier alpha value is -2.33. The number of benzene rings is 2. The van der Waals surface area contributed by atoms with Crippen LogP contribution in [0.3, 0.4) is 0 Å². The lowest BCUT2D eigenvalue weighted by molar-refractivity contribution is 0.102. The van der Waals surface area contributed by atoms with Gasteiger partial charge in [0.25, 0.3) is 5.91 Å². The van der Waals surface area contributed by atoms with E-state index >= 15 is 0 Å². The van der Waals surface area contributed by atoms with E-state index in [2.05, 4.69) is 10.3 Å². The molecule has 1 aromatic heterocycles. The Morgan fingerprint density at radius 1 is 1.15 bits per heavy atom. The van der Waals surface area contributed by atoms with Crippen LogP contribution < -0.4 is 5.32 Å². The predicted molar refractivity (Wildman–Crippen MR) is 80.1 cm³/mol. The maximum absolute atomic E-state index is 12.1. The molecule has 4 nitrogen and oxygen atoms in total. The Bertz CT molecular complexity index is 780. The Kier molecular flexibility index (Phi) is 3.16. The van der Waals surface area contributed by atoms with Crippen LogP contribution in [0.2, 0.25) is 5.02 Å². The molecule has 0 saturated carbocycles. The van der Waals surface area contributed by atoms with Gasteiger partial charge in [0.15, 0.2) is 0 Å². The van der Waals surface area contributed by atoms with Crippen molar-refractivity contribution in [3.8, 4) is 0 Å². The minimum atomic E-state index is -0.194. The van der Waals surface area contributed by atoms with Crippen LogP contribution in [0.15, 0.2) is 48.5 Å². The fraction of sp³-hybridized carbons (Fsp3) is 0.0667. The number of fused-ring (bicyclic) bond motifs is 1. The van der Waals surface area contributed by atoms with Gasteiger partial charge in [-0.2, -0.15) is 0 Å². The normalized spacial score (nSPS) is 10.7. The van der Waals surface area contributed by atoms with Crippen molar-refractivity contribution < 1.29 is 4.79 Å². The fourth-order valence-corrected chi connectivity index (χ4v) is 2.27. The van der Waals surface area contributed by atoms with E-state index in [1.54, 1.807) is 18.2 Å². The number of anilines is 1.